The molecule has 0 unspecified atom stereocenters. The minimum Gasteiger partial charge on any atom is -0.444 e. The molecule has 0 aromatic rings. The summed E-state index contributed by atoms with van der Waals surface area (Å²) in [6.07, 6.45) is 0. The summed E-state index contributed by atoms with van der Waals surface area (Å²) in [7, 11) is 0. The van der Waals surface area contributed by atoms with Gasteiger partial charge in [-0.25, -0.2) is 0 Å². The SMILES string of the molecule is O.O.O.O.O.O.O=N[O-].O=N[O-].[Zn+2]. The Morgan fingerprint density at radius 3 is 0.615 bits per heavy atom. The van der Waals surface area contributed by atoms with Gasteiger partial charge in [-0.05, 0) is 0 Å². The standard InChI is InChI=1S/2HNO2.6H2O.Zn/c2*2-1-3;;;;;;;/h2*(H,2,3);6*1H2;/q;;;;;;;;+2/p-2. The Morgan fingerprint density at radius 1 is 0.615 bits per heavy atom. The van der Waals surface area contributed by atoms with E-state index >= 15 is 0 Å². The van der Waals surface area contributed by atoms with Gasteiger partial charge in [-0.1, -0.05) is 0 Å². The van der Waals surface area contributed by atoms with Gasteiger partial charge in [-0.15, -0.1) is 10.7 Å². The Labute approximate surface area is 84.0 Å². The monoisotopic (exact) mass is 264 g/mol. The van der Waals surface area contributed by atoms with Crippen LogP contribution in [0, 0.1) is 20.2 Å². The largest absolute Gasteiger partial charge is 2.00 e. The van der Waals surface area contributed by atoms with Crippen LogP contribution in [0.1, 0.15) is 0 Å². The van der Waals surface area contributed by atoms with E-state index in [1.807, 2.05) is 0 Å². The average molecular weight is 265 g/mol. The summed E-state index contributed by atoms with van der Waals surface area (Å²) in [5, 5.41) is 18.0. The predicted molar refractivity (Wildman–Crippen MR) is 40.0 cm³/mol. The molecule has 0 saturated carbocycles. The smallest absolute Gasteiger partial charge is 0.444 e. The molecule has 12 N–H and O–H groups in total. The van der Waals surface area contributed by atoms with Crippen molar-refractivity contribution in [2.75, 3.05) is 0 Å². The van der Waals surface area contributed by atoms with Gasteiger partial charge >= 0.3 is 19.5 Å². The Kier molecular flexibility index (Phi) is 9580. The third kappa shape index (κ3) is 1410. The van der Waals surface area contributed by atoms with Crippen molar-refractivity contribution in [3.8, 4) is 0 Å². The molecule has 0 bridgehead atoms. The third-order valence-corrected chi connectivity index (χ3v) is 0. The summed E-state index contributed by atoms with van der Waals surface area (Å²) >= 11 is 0. The zero-order valence-corrected chi connectivity index (χ0v) is 9.20. The van der Waals surface area contributed by atoms with Crippen LogP contribution in [0.3, 0.4) is 0 Å². The minimum absolute atomic E-state index is 0. The van der Waals surface area contributed by atoms with Crippen LogP contribution in [-0.4, -0.2) is 32.9 Å². The molecule has 0 amide bonds. The maximum atomic E-state index is 8.00. The molecule has 0 aliphatic carbocycles. The summed E-state index contributed by atoms with van der Waals surface area (Å²) < 4.78 is 0. The number of hydrogen-bond donors (Lipinski definition) is 0. The van der Waals surface area contributed by atoms with Crippen molar-refractivity contribution in [1.29, 1.82) is 0 Å². The first-order valence-electron chi connectivity index (χ1n) is 0.730. The van der Waals surface area contributed by atoms with Crippen molar-refractivity contribution < 1.29 is 52.3 Å². The molecule has 13 heteroatoms. The molecule has 13 heavy (non-hydrogen) atoms. The molecule has 0 spiro atoms. The average Bonchev–Trinajstić information content (AvgIpc) is 1.39. The van der Waals surface area contributed by atoms with Crippen molar-refractivity contribution in [2.24, 2.45) is 10.7 Å². The molecule has 0 heterocycles. The van der Waals surface area contributed by atoms with E-state index in [0.29, 0.717) is 0 Å². The molecule has 0 rings (SSSR count). The molecule has 0 aliphatic heterocycles. The second-order valence-electron chi connectivity index (χ2n) is 0.149. The molecule has 0 fully saturated rings. The van der Waals surface area contributed by atoms with Crippen LogP contribution in [0.5, 0.6) is 0 Å². The van der Waals surface area contributed by atoms with E-state index in [2.05, 4.69) is 0 Å². The van der Waals surface area contributed by atoms with Crippen molar-refractivity contribution in [1.82, 2.24) is 0 Å². The summed E-state index contributed by atoms with van der Waals surface area (Å²) in [6.45, 7) is 0. The molecule has 0 atom stereocenters. The fraction of sp³-hybridized carbons (Fsp3) is 0. The topological polar surface area (TPSA) is 294 Å². The Bertz CT molecular complexity index is 33.9. The summed E-state index contributed by atoms with van der Waals surface area (Å²) in [6, 6.07) is 0. The summed E-state index contributed by atoms with van der Waals surface area (Å²) in [4.78, 5) is 16.0. The third-order valence-electron chi connectivity index (χ3n) is 0. The van der Waals surface area contributed by atoms with Crippen LogP contribution in [0.2, 0.25) is 0 Å². The maximum absolute atomic E-state index is 8.00. The first kappa shape index (κ1) is 150. The Morgan fingerprint density at radius 2 is 0.615 bits per heavy atom. The fourth-order valence-electron chi connectivity index (χ4n) is 0. The first-order chi connectivity index (χ1) is 2.83. The quantitative estimate of drug-likeness (QED) is 0.237. The maximum Gasteiger partial charge on any atom is 2.00 e. The van der Waals surface area contributed by atoms with Gasteiger partial charge in [0.05, 0.1) is 0 Å². The molecular weight excluding hydrogens is 253 g/mol. The van der Waals surface area contributed by atoms with Crippen LogP contribution >= 0.6 is 0 Å². The summed E-state index contributed by atoms with van der Waals surface area (Å²) in [5.74, 6) is 0. The van der Waals surface area contributed by atoms with E-state index < -0.39 is 0 Å². The zero-order valence-electron chi connectivity index (χ0n) is 6.23. The Balaban J connectivity index is -0.00000000229. The van der Waals surface area contributed by atoms with E-state index in [0.717, 1.165) is 10.7 Å². The van der Waals surface area contributed by atoms with Crippen LogP contribution in [0.4, 0.5) is 0 Å². The van der Waals surface area contributed by atoms with Gasteiger partial charge in [-0.2, -0.15) is 0 Å². The molecule has 0 aromatic heterocycles. The second-order valence-corrected chi connectivity index (χ2v) is 0.149. The number of hydrogen-bond acceptors (Lipinski definition) is 6. The van der Waals surface area contributed by atoms with Gasteiger partial charge in [0.15, 0.2) is 0 Å². The molecular formula is H12N2O10Zn. The minimum atomic E-state index is 0. The van der Waals surface area contributed by atoms with Gasteiger partial charge in [0, 0.05) is 0 Å². The van der Waals surface area contributed by atoms with Gasteiger partial charge in [0.25, 0.3) is 0 Å². The second kappa shape index (κ2) is 828. The molecule has 12 nitrogen and oxygen atoms in total. The first-order valence-corrected chi connectivity index (χ1v) is 0.730. The van der Waals surface area contributed by atoms with Crippen LogP contribution in [-0.2, 0) is 19.5 Å². The molecule has 0 radical (unpaired) electrons. The van der Waals surface area contributed by atoms with E-state index in [9.17, 15) is 0 Å². The van der Waals surface area contributed by atoms with Crippen molar-refractivity contribution in [3.05, 3.63) is 20.2 Å². The number of nitrogens with zero attached hydrogens (tertiary/aromatic N) is 2. The molecule has 0 aliphatic rings. The van der Waals surface area contributed by atoms with Gasteiger partial charge in [0.1, 0.15) is 0 Å². The van der Waals surface area contributed by atoms with Crippen LogP contribution in [0.15, 0.2) is 10.7 Å². The predicted octanol–water partition coefficient (Wildman–Crippen LogP) is -4.45. The fourth-order valence-corrected chi connectivity index (χ4v) is 0. The normalized spacial score (nSPS) is 1.85. The van der Waals surface area contributed by atoms with E-state index in [-0.39, 0.29) is 52.3 Å². The Hall–Kier alpha value is -0.817. The van der Waals surface area contributed by atoms with Crippen molar-refractivity contribution in [3.63, 3.8) is 0 Å². The van der Waals surface area contributed by atoms with Crippen molar-refractivity contribution >= 4 is 0 Å². The van der Waals surface area contributed by atoms with Crippen LogP contribution < -0.4 is 0 Å². The molecule has 84 valence electrons. The number of rotatable bonds is 0. The van der Waals surface area contributed by atoms with E-state index in [4.69, 9.17) is 20.2 Å². The van der Waals surface area contributed by atoms with Crippen molar-refractivity contribution in [2.45, 2.75) is 0 Å². The molecule has 0 aromatic carbocycles. The van der Waals surface area contributed by atoms with Gasteiger partial charge in [-0.3, -0.25) is 0 Å². The zero-order chi connectivity index (χ0) is 5.41. The molecule has 0 saturated heterocycles. The van der Waals surface area contributed by atoms with Gasteiger partial charge in [0.2, 0.25) is 0 Å². The summed E-state index contributed by atoms with van der Waals surface area (Å²) in [5.41, 5.74) is 0. The van der Waals surface area contributed by atoms with Crippen LogP contribution in [0.25, 0.3) is 0 Å². The van der Waals surface area contributed by atoms with E-state index in [1.54, 1.807) is 0 Å². The van der Waals surface area contributed by atoms with E-state index in [1.165, 1.54) is 0 Å². The van der Waals surface area contributed by atoms with Gasteiger partial charge < -0.3 is 53.1 Å².